The molecule has 0 aromatic heterocycles. The molecule has 1 aliphatic rings. The van der Waals surface area contributed by atoms with Gasteiger partial charge >= 0.3 is 5.97 Å². The third-order valence-corrected chi connectivity index (χ3v) is 4.55. The number of unbranched alkanes of at least 4 members (excludes halogenated alkanes) is 3. The van der Waals surface area contributed by atoms with E-state index >= 15 is 0 Å². The molecule has 1 saturated carbocycles. The van der Waals surface area contributed by atoms with Gasteiger partial charge in [0.2, 0.25) is 0 Å². The summed E-state index contributed by atoms with van der Waals surface area (Å²) in [7, 11) is 0. The van der Waals surface area contributed by atoms with E-state index in [0.717, 1.165) is 19.3 Å². The molecule has 0 aliphatic heterocycles. The molecule has 0 aromatic rings. The summed E-state index contributed by atoms with van der Waals surface area (Å²) in [6.45, 7) is 2.11. The first kappa shape index (κ1) is 19.8. The number of ketones is 1. The number of carboxylic acids is 1. The molecule has 0 heterocycles. The Hall–Kier alpha value is -1.20. The molecular formula is C18H30O5. The molecule has 3 N–H and O–H groups in total. The molecule has 1 fully saturated rings. The lowest BCUT2D eigenvalue weighted by atomic mass is 9.88. The molecule has 0 bridgehead atoms. The van der Waals surface area contributed by atoms with E-state index in [-0.39, 0.29) is 30.5 Å². The Morgan fingerprint density at radius 2 is 2.04 bits per heavy atom. The first-order valence-electron chi connectivity index (χ1n) is 8.74. The van der Waals surface area contributed by atoms with E-state index in [0.29, 0.717) is 25.7 Å². The number of Topliss-reactive ketones (excluding diaryl/α,β-unsaturated/α-hetero) is 1. The summed E-state index contributed by atoms with van der Waals surface area (Å²) in [6, 6.07) is 0. The quantitative estimate of drug-likeness (QED) is 0.401. The van der Waals surface area contributed by atoms with E-state index in [1.54, 1.807) is 12.2 Å². The summed E-state index contributed by atoms with van der Waals surface area (Å²) < 4.78 is 0. The van der Waals surface area contributed by atoms with Crippen molar-refractivity contribution in [2.45, 2.75) is 76.9 Å². The van der Waals surface area contributed by atoms with Crippen molar-refractivity contribution < 1.29 is 24.9 Å². The van der Waals surface area contributed by atoms with Gasteiger partial charge in [-0.25, -0.2) is 0 Å². The smallest absolute Gasteiger partial charge is 0.303 e. The number of aliphatic carboxylic acids is 1. The molecule has 0 aromatic carbocycles. The maximum Gasteiger partial charge on any atom is 0.303 e. The SMILES string of the molecule is CCCCC[C@@H](O)/C=C/[C@H]1[C@@H](O)CC(=O)[C@@H]1CCCCC(=O)O. The Kier molecular flexibility index (Phi) is 9.10. The van der Waals surface area contributed by atoms with Gasteiger partial charge in [0.25, 0.3) is 0 Å². The predicted octanol–water partition coefficient (Wildman–Crippen LogP) is 2.69. The molecule has 132 valence electrons. The van der Waals surface area contributed by atoms with Crippen LogP contribution in [0.1, 0.15) is 64.7 Å². The lowest BCUT2D eigenvalue weighted by molar-refractivity contribution is -0.137. The Morgan fingerprint density at radius 3 is 2.70 bits per heavy atom. The minimum Gasteiger partial charge on any atom is -0.481 e. The second kappa shape index (κ2) is 10.6. The number of carbonyl (C=O) groups excluding carboxylic acids is 1. The largest absolute Gasteiger partial charge is 0.481 e. The fraction of sp³-hybridized carbons (Fsp3) is 0.778. The maximum absolute atomic E-state index is 12.0. The fourth-order valence-electron chi connectivity index (χ4n) is 3.19. The van der Waals surface area contributed by atoms with Crippen molar-refractivity contribution in [1.82, 2.24) is 0 Å². The van der Waals surface area contributed by atoms with Gasteiger partial charge in [0.15, 0.2) is 0 Å². The van der Waals surface area contributed by atoms with E-state index in [4.69, 9.17) is 5.11 Å². The molecule has 0 saturated heterocycles. The average molecular weight is 326 g/mol. The molecule has 1 rings (SSSR count). The van der Waals surface area contributed by atoms with Crippen molar-refractivity contribution >= 4 is 11.8 Å². The van der Waals surface area contributed by atoms with Gasteiger partial charge in [0, 0.05) is 24.7 Å². The molecule has 23 heavy (non-hydrogen) atoms. The van der Waals surface area contributed by atoms with E-state index in [9.17, 15) is 19.8 Å². The van der Waals surface area contributed by atoms with Crippen molar-refractivity contribution in [1.29, 1.82) is 0 Å². The normalized spacial score (nSPS) is 26.0. The molecule has 0 spiro atoms. The minimum absolute atomic E-state index is 0.0444. The number of aliphatic hydroxyl groups excluding tert-OH is 2. The van der Waals surface area contributed by atoms with Crippen molar-refractivity contribution in [3.8, 4) is 0 Å². The van der Waals surface area contributed by atoms with Gasteiger partial charge in [0.1, 0.15) is 5.78 Å². The van der Waals surface area contributed by atoms with Crippen LogP contribution >= 0.6 is 0 Å². The van der Waals surface area contributed by atoms with Gasteiger partial charge in [-0.3, -0.25) is 9.59 Å². The summed E-state index contributed by atoms with van der Waals surface area (Å²) in [5.74, 6) is -1.29. The molecule has 4 atom stereocenters. The number of carboxylic acid groups (broad SMARTS) is 1. The van der Waals surface area contributed by atoms with Gasteiger partial charge < -0.3 is 15.3 Å². The fourth-order valence-corrected chi connectivity index (χ4v) is 3.19. The van der Waals surface area contributed by atoms with Crippen LogP contribution in [0.5, 0.6) is 0 Å². The summed E-state index contributed by atoms with van der Waals surface area (Å²) in [5.41, 5.74) is 0. The van der Waals surface area contributed by atoms with Crippen LogP contribution in [0, 0.1) is 11.8 Å². The highest BCUT2D eigenvalue weighted by Crippen LogP contribution is 2.34. The summed E-state index contributed by atoms with van der Waals surface area (Å²) in [5, 5.41) is 28.6. The molecule has 1 aliphatic carbocycles. The lowest BCUT2D eigenvalue weighted by Gasteiger charge is -2.18. The zero-order chi connectivity index (χ0) is 17.2. The Labute approximate surface area is 138 Å². The second-order valence-electron chi connectivity index (χ2n) is 6.51. The van der Waals surface area contributed by atoms with Crippen LogP contribution < -0.4 is 0 Å². The number of aliphatic hydroxyl groups is 2. The van der Waals surface area contributed by atoms with Gasteiger partial charge in [-0.2, -0.15) is 0 Å². The first-order chi connectivity index (χ1) is 11.0. The summed E-state index contributed by atoms with van der Waals surface area (Å²) in [4.78, 5) is 22.5. The molecule has 0 radical (unpaired) electrons. The molecule has 0 unspecified atom stereocenters. The van der Waals surface area contributed by atoms with E-state index < -0.39 is 18.2 Å². The molecule has 5 nitrogen and oxygen atoms in total. The Balaban J connectivity index is 2.48. The number of rotatable bonds is 11. The van der Waals surface area contributed by atoms with Crippen molar-refractivity contribution in [3.63, 3.8) is 0 Å². The average Bonchev–Trinajstić information content (AvgIpc) is 2.75. The van der Waals surface area contributed by atoms with Crippen LogP contribution in [0.2, 0.25) is 0 Å². The van der Waals surface area contributed by atoms with Crippen LogP contribution in [0.4, 0.5) is 0 Å². The first-order valence-corrected chi connectivity index (χ1v) is 8.74. The van der Waals surface area contributed by atoms with Gasteiger partial charge in [-0.15, -0.1) is 0 Å². The second-order valence-corrected chi connectivity index (χ2v) is 6.51. The standard InChI is InChI=1S/C18H30O5/c1-2-3-4-7-13(19)10-11-15-14(16(20)12-17(15)21)8-5-6-9-18(22)23/h10-11,13-15,17,19,21H,2-9,12H2,1H3,(H,22,23)/b11-10+/t13-,14-,15-,17+/m1/s1. The van der Waals surface area contributed by atoms with E-state index in [1.165, 1.54) is 0 Å². The summed E-state index contributed by atoms with van der Waals surface area (Å²) >= 11 is 0. The Bertz CT molecular complexity index is 404. The maximum atomic E-state index is 12.0. The third-order valence-electron chi connectivity index (χ3n) is 4.55. The predicted molar refractivity (Wildman–Crippen MR) is 88.0 cm³/mol. The van der Waals surface area contributed by atoms with Gasteiger partial charge in [-0.05, 0) is 19.3 Å². The van der Waals surface area contributed by atoms with Crippen LogP contribution in [0.3, 0.4) is 0 Å². The van der Waals surface area contributed by atoms with E-state index in [1.807, 2.05) is 0 Å². The Morgan fingerprint density at radius 1 is 1.30 bits per heavy atom. The van der Waals surface area contributed by atoms with Crippen molar-refractivity contribution in [2.75, 3.05) is 0 Å². The molecular weight excluding hydrogens is 296 g/mol. The third kappa shape index (κ3) is 7.27. The number of carbonyl (C=O) groups is 2. The van der Waals surface area contributed by atoms with Gasteiger partial charge in [-0.1, -0.05) is 44.8 Å². The molecule has 0 amide bonds. The number of hydrogen-bond acceptors (Lipinski definition) is 4. The van der Waals surface area contributed by atoms with Crippen LogP contribution in [0.15, 0.2) is 12.2 Å². The highest BCUT2D eigenvalue weighted by Gasteiger charge is 2.39. The van der Waals surface area contributed by atoms with Crippen molar-refractivity contribution in [2.24, 2.45) is 11.8 Å². The zero-order valence-electron chi connectivity index (χ0n) is 14.0. The van der Waals surface area contributed by atoms with Gasteiger partial charge in [0.05, 0.1) is 12.2 Å². The highest BCUT2D eigenvalue weighted by atomic mass is 16.4. The molecule has 5 heteroatoms. The van der Waals surface area contributed by atoms with Crippen LogP contribution in [-0.2, 0) is 9.59 Å². The highest BCUT2D eigenvalue weighted by molar-refractivity contribution is 5.84. The monoisotopic (exact) mass is 326 g/mol. The zero-order valence-corrected chi connectivity index (χ0v) is 14.0. The topological polar surface area (TPSA) is 94.8 Å². The minimum atomic E-state index is -0.825. The summed E-state index contributed by atoms with van der Waals surface area (Å²) in [6.07, 6.45) is 8.20. The van der Waals surface area contributed by atoms with Crippen molar-refractivity contribution in [3.05, 3.63) is 12.2 Å². The van der Waals surface area contributed by atoms with Crippen LogP contribution in [-0.4, -0.2) is 39.3 Å². The number of hydrogen-bond donors (Lipinski definition) is 3. The van der Waals surface area contributed by atoms with E-state index in [2.05, 4.69) is 6.92 Å². The van der Waals surface area contributed by atoms with Crippen LogP contribution in [0.25, 0.3) is 0 Å². The lowest BCUT2D eigenvalue weighted by Crippen LogP contribution is -2.19.